The molecule has 1 aliphatic rings. The second kappa shape index (κ2) is 7.71. The third-order valence-electron chi connectivity index (χ3n) is 2.94. The van der Waals surface area contributed by atoms with Crippen molar-refractivity contribution >= 4 is 12.4 Å². The molecule has 114 valence electrons. The SMILES string of the molecule is Cl.FC(F)(F)COc1ccc(CN2CCNCC2)cc1. The van der Waals surface area contributed by atoms with Crippen molar-refractivity contribution in [3.05, 3.63) is 29.8 Å². The summed E-state index contributed by atoms with van der Waals surface area (Å²) in [6, 6.07) is 6.80. The van der Waals surface area contributed by atoms with Crippen LogP contribution in [0.1, 0.15) is 5.56 Å². The van der Waals surface area contributed by atoms with Crippen LogP contribution in [0, 0.1) is 0 Å². The van der Waals surface area contributed by atoms with Crippen LogP contribution in [-0.4, -0.2) is 43.9 Å². The number of hydrogen-bond acceptors (Lipinski definition) is 3. The Balaban J connectivity index is 0.00000200. The van der Waals surface area contributed by atoms with Crippen molar-refractivity contribution in [2.24, 2.45) is 0 Å². The van der Waals surface area contributed by atoms with Gasteiger partial charge in [-0.15, -0.1) is 12.4 Å². The van der Waals surface area contributed by atoms with Crippen LogP contribution in [0.5, 0.6) is 5.75 Å². The summed E-state index contributed by atoms with van der Waals surface area (Å²) >= 11 is 0. The number of piperazine rings is 1. The topological polar surface area (TPSA) is 24.5 Å². The molecule has 2 rings (SSSR count). The summed E-state index contributed by atoms with van der Waals surface area (Å²) in [5, 5.41) is 3.27. The summed E-state index contributed by atoms with van der Waals surface area (Å²) in [7, 11) is 0. The fraction of sp³-hybridized carbons (Fsp3) is 0.538. The van der Waals surface area contributed by atoms with Crippen molar-refractivity contribution < 1.29 is 17.9 Å². The van der Waals surface area contributed by atoms with Gasteiger partial charge in [0.1, 0.15) is 5.75 Å². The fourth-order valence-corrected chi connectivity index (χ4v) is 1.98. The molecule has 0 unspecified atom stereocenters. The molecule has 1 aromatic rings. The predicted molar refractivity (Wildman–Crippen MR) is 73.4 cm³/mol. The average Bonchev–Trinajstić information content (AvgIpc) is 2.38. The third-order valence-corrected chi connectivity index (χ3v) is 2.94. The number of alkyl halides is 3. The van der Waals surface area contributed by atoms with E-state index in [4.69, 9.17) is 0 Å². The molecule has 3 nitrogen and oxygen atoms in total. The van der Waals surface area contributed by atoms with E-state index in [9.17, 15) is 13.2 Å². The number of hydrogen-bond donors (Lipinski definition) is 1. The van der Waals surface area contributed by atoms with Gasteiger partial charge >= 0.3 is 6.18 Å². The van der Waals surface area contributed by atoms with E-state index in [1.165, 1.54) is 0 Å². The first-order chi connectivity index (χ1) is 9.03. The highest BCUT2D eigenvalue weighted by Gasteiger charge is 2.28. The summed E-state index contributed by atoms with van der Waals surface area (Å²) in [6.07, 6.45) is -4.29. The quantitative estimate of drug-likeness (QED) is 0.924. The lowest BCUT2D eigenvalue weighted by atomic mass is 10.2. The van der Waals surface area contributed by atoms with Crippen molar-refractivity contribution in [2.75, 3.05) is 32.8 Å². The molecular formula is C13H18ClF3N2O. The van der Waals surface area contributed by atoms with Gasteiger partial charge in [0.2, 0.25) is 0 Å². The van der Waals surface area contributed by atoms with Gasteiger partial charge in [-0.1, -0.05) is 12.1 Å². The zero-order valence-electron chi connectivity index (χ0n) is 10.9. The first kappa shape index (κ1) is 17.1. The smallest absolute Gasteiger partial charge is 0.422 e. The average molecular weight is 311 g/mol. The first-order valence-electron chi connectivity index (χ1n) is 6.24. The number of ether oxygens (including phenoxy) is 1. The van der Waals surface area contributed by atoms with Crippen LogP contribution in [0.25, 0.3) is 0 Å². The van der Waals surface area contributed by atoms with E-state index < -0.39 is 12.8 Å². The molecule has 0 amide bonds. The second-order valence-corrected chi connectivity index (χ2v) is 4.57. The largest absolute Gasteiger partial charge is 0.484 e. The molecule has 7 heteroatoms. The highest BCUT2D eigenvalue weighted by molar-refractivity contribution is 5.85. The third kappa shape index (κ3) is 5.98. The van der Waals surface area contributed by atoms with Gasteiger partial charge in [0.25, 0.3) is 0 Å². The molecule has 1 N–H and O–H groups in total. The minimum Gasteiger partial charge on any atom is -0.484 e. The van der Waals surface area contributed by atoms with Gasteiger partial charge in [-0.2, -0.15) is 13.2 Å². The van der Waals surface area contributed by atoms with E-state index in [0.29, 0.717) is 0 Å². The van der Waals surface area contributed by atoms with E-state index in [1.807, 2.05) is 12.1 Å². The molecule has 1 aliphatic heterocycles. The summed E-state index contributed by atoms with van der Waals surface area (Å²) in [5.74, 6) is 0.251. The lowest BCUT2D eigenvalue weighted by Gasteiger charge is -2.27. The molecule has 0 radical (unpaired) electrons. The molecule has 20 heavy (non-hydrogen) atoms. The number of benzene rings is 1. The summed E-state index contributed by atoms with van der Waals surface area (Å²) in [4.78, 5) is 2.31. The molecule has 1 fully saturated rings. The maximum Gasteiger partial charge on any atom is 0.422 e. The minimum absolute atomic E-state index is 0. The normalized spacial score (nSPS) is 16.6. The Hall–Kier alpha value is -0.980. The van der Waals surface area contributed by atoms with E-state index >= 15 is 0 Å². The predicted octanol–water partition coefficient (Wildman–Crippen LogP) is 2.45. The molecule has 0 atom stereocenters. The molecule has 0 saturated carbocycles. The van der Waals surface area contributed by atoms with Crippen molar-refractivity contribution in [1.29, 1.82) is 0 Å². The van der Waals surface area contributed by atoms with Crippen LogP contribution < -0.4 is 10.1 Å². The Morgan fingerprint density at radius 3 is 2.25 bits per heavy atom. The van der Waals surface area contributed by atoms with E-state index in [-0.39, 0.29) is 18.2 Å². The van der Waals surface area contributed by atoms with Gasteiger partial charge in [-0.25, -0.2) is 0 Å². The first-order valence-corrected chi connectivity index (χ1v) is 6.24. The van der Waals surface area contributed by atoms with Crippen LogP contribution in [0.15, 0.2) is 24.3 Å². The Morgan fingerprint density at radius 2 is 1.70 bits per heavy atom. The molecule has 0 spiro atoms. The summed E-state index contributed by atoms with van der Waals surface area (Å²) < 4.78 is 40.6. The van der Waals surface area contributed by atoms with Crippen LogP contribution in [-0.2, 0) is 6.54 Å². The molecule has 0 aromatic heterocycles. The van der Waals surface area contributed by atoms with Gasteiger partial charge in [0.05, 0.1) is 0 Å². The van der Waals surface area contributed by atoms with Crippen molar-refractivity contribution in [3.8, 4) is 5.75 Å². The van der Waals surface area contributed by atoms with Crippen molar-refractivity contribution in [1.82, 2.24) is 10.2 Å². The Bertz CT molecular complexity index is 392. The summed E-state index contributed by atoms with van der Waals surface area (Å²) in [5.41, 5.74) is 1.08. The minimum atomic E-state index is -4.29. The highest BCUT2D eigenvalue weighted by atomic mass is 35.5. The lowest BCUT2D eigenvalue weighted by Crippen LogP contribution is -2.42. The number of halogens is 4. The van der Waals surface area contributed by atoms with Gasteiger partial charge in [-0.3, -0.25) is 4.90 Å². The zero-order chi connectivity index (χ0) is 13.7. The van der Waals surface area contributed by atoms with E-state index in [1.54, 1.807) is 12.1 Å². The summed E-state index contributed by atoms with van der Waals surface area (Å²) in [6.45, 7) is 3.52. The Kier molecular flexibility index (Phi) is 6.58. The fourth-order valence-electron chi connectivity index (χ4n) is 1.98. The van der Waals surface area contributed by atoms with Crippen LogP contribution in [0.3, 0.4) is 0 Å². The van der Waals surface area contributed by atoms with E-state index in [2.05, 4.69) is 15.0 Å². The zero-order valence-corrected chi connectivity index (χ0v) is 11.8. The number of rotatable bonds is 4. The maximum atomic E-state index is 12.0. The van der Waals surface area contributed by atoms with Gasteiger partial charge in [-0.05, 0) is 17.7 Å². The number of nitrogens with one attached hydrogen (secondary N) is 1. The molecular weight excluding hydrogens is 293 g/mol. The Morgan fingerprint density at radius 1 is 1.10 bits per heavy atom. The van der Waals surface area contributed by atoms with Crippen LogP contribution in [0.2, 0.25) is 0 Å². The molecule has 0 bridgehead atoms. The number of nitrogens with zero attached hydrogens (tertiary/aromatic N) is 1. The Labute approximate surface area is 122 Å². The van der Waals surface area contributed by atoms with Crippen LogP contribution >= 0.6 is 12.4 Å². The second-order valence-electron chi connectivity index (χ2n) is 4.57. The standard InChI is InChI=1S/C13H17F3N2O.ClH/c14-13(15,16)10-19-12-3-1-11(2-4-12)9-18-7-5-17-6-8-18;/h1-4,17H,5-10H2;1H. The van der Waals surface area contributed by atoms with Crippen LogP contribution in [0.4, 0.5) is 13.2 Å². The molecule has 1 heterocycles. The lowest BCUT2D eigenvalue weighted by molar-refractivity contribution is -0.153. The molecule has 1 saturated heterocycles. The van der Waals surface area contributed by atoms with E-state index in [0.717, 1.165) is 38.3 Å². The monoisotopic (exact) mass is 310 g/mol. The molecule has 1 aromatic carbocycles. The van der Waals surface area contributed by atoms with Crippen molar-refractivity contribution in [3.63, 3.8) is 0 Å². The van der Waals surface area contributed by atoms with Gasteiger partial charge in [0, 0.05) is 32.7 Å². The van der Waals surface area contributed by atoms with Gasteiger partial charge in [0.15, 0.2) is 6.61 Å². The maximum absolute atomic E-state index is 12.0. The molecule has 0 aliphatic carbocycles. The van der Waals surface area contributed by atoms with Crippen molar-refractivity contribution in [2.45, 2.75) is 12.7 Å². The highest BCUT2D eigenvalue weighted by Crippen LogP contribution is 2.19. The van der Waals surface area contributed by atoms with Gasteiger partial charge < -0.3 is 10.1 Å².